The fourth-order valence-electron chi connectivity index (χ4n) is 2.26. The number of nitrogens with one attached hydrogen (secondary N) is 3. The minimum absolute atomic E-state index is 0.0765. The molecular formula is C14H19ClN4. The van der Waals surface area contributed by atoms with Crippen LogP contribution in [0.3, 0.4) is 0 Å². The second kappa shape index (κ2) is 6.17. The second-order valence-corrected chi connectivity index (χ2v) is 5.27. The molecule has 1 saturated heterocycles. The van der Waals surface area contributed by atoms with E-state index in [9.17, 15) is 0 Å². The van der Waals surface area contributed by atoms with E-state index in [1.807, 2.05) is 24.3 Å². The van der Waals surface area contributed by atoms with E-state index in [0.29, 0.717) is 23.2 Å². The zero-order chi connectivity index (χ0) is 13.8. The zero-order valence-corrected chi connectivity index (χ0v) is 11.8. The molecule has 0 bridgehead atoms. The fourth-order valence-corrected chi connectivity index (χ4v) is 2.39. The molecule has 1 heterocycles. The summed E-state index contributed by atoms with van der Waals surface area (Å²) in [5.41, 5.74) is 1.05. The van der Waals surface area contributed by atoms with Crippen LogP contribution in [0.2, 0.25) is 5.02 Å². The average molecular weight is 279 g/mol. The Kier molecular flexibility index (Phi) is 4.56. The Morgan fingerprint density at radius 1 is 1.37 bits per heavy atom. The molecule has 1 aliphatic heterocycles. The summed E-state index contributed by atoms with van der Waals surface area (Å²) in [7, 11) is 0. The van der Waals surface area contributed by atoms with Gasteiger partial charge in [-0.3, -0.25) is 10.8 Å². The van der Waals surface area contributed by atoms with E-state index in [-0.39, 0.29) is 6.04 Å². The van der Waals surface area contributed by atoms with Crippen molar-refractivity contribution in [2.45, 2.75) is 32.4 Å². The molecule has 0 radical (unpaired) electrons. The Morgan fingerprint density at radius 2 is 2.05 bits per heavy atom. The van der Waals surface area contributed by atoms with Crippen LogP contribution < -0.4 is 5.32 Å². The third kappa shape index (κ3) is 3.55. The molecular weight excluding hydrogens is 260 g/mol. The van der Waals surface area contributed by atoms with E-state index < -0.39 is 0 Å². The van der Waals surface area contributed by atoms with Gasteiger partial charge >= 0.3 is 0 Å². The zero-order valence-electron chi connectivity index (χ0n) is 11.0. The van der Waals surface area contributed by atoms with E-state index in [1.165, 1.54) is 0 Å². The van der Waals surface area contributed by atoms with Crippen LogP contribution in [0.25, 0.3) is 0 Å². The van der Waals surface area contributed by atoms with E-state index in [1.54, 1.807) is 11.8 Å². The van der Waals surface area contributed by atoms with E-state index in [2.05, 4.69) is 5.32 Å². The third-order valence-corrected chi connectivity index (χ3v) is 3.59. The molecule has 102 valence electrons. The van der Waals surface area contributed by atoms with Gasteiger partial charge in [0.2, 0.25) is 0 Å². The Morgan fingerprint density at radius 3 is 2.58 bits per heavy atom. The Balaban J connectivity index is 2.09. The molecule has 1 atom stereocenters. The molecule has 0 spiro atoms. The molecule has 5 heteroatoms. The molecule has 4 nitrogen and oxygen atoms in total. The first kappa shape index (κ1) is 14.0. The van der Waals surface area contributed by atoms with Crippen molar-refractivity contribution in [3.63, 3.8) is 0 Å². The highest BCUT2D eigenvalue weighted by Gasteiger charge is 2.24. The summed E-state index contributed by atoms with van der Waals surface area (Å²) in [5, 5.41) is 20.1. The number of hydrogen-bond acceptors (Lipinski definition) is 3. The van der Waals surface area contributed by atoms with Crippen molar-refractivity contribution in [2.75, 3.05) is 6.54 Å². The van der Waals surface area contributed by atoms with Gasteiger partial charge in [-0.15, -0.1) is 0 Å². The average Bonchev–Trinajstić information content (AvgIpc) is 2.91. The van der Waals surface area contributed by atoms with Gasteiger partial charge in [0.05, 0.1) is 18.4 Å². The standard InChI is InChI=1S/C14H19ClN4/c1-10(16)19(14(17)13-3-2-8-18-13)9-11-4-6-12(15)7-5-11/h4-7,13,16-18H,2-3,8-9H2,1H3. The van der Waals surface area contributed by atoms with E-state index in [0.717, 1.165) is 24.9 Å². The van der Waals surface area contributed by atoms with Crippen molar-refractivity contribution in [3.05, 3.63) is 34.9 Å². The monoisotopic (exact) mass is 278 g/mol. The van der Waals surface area contributed by atoms with Crippen molar-refractivity contribution in [3.8, 4) is 0 Å². The first-order valence-corrected chi connectivity index (χ1v) is 6.84. The van der Waals surface area contributed by atoms with Crippen molar-refractivity contribution in [1.82, 2.24) is 10.2 Å². The smallest absolute Gasteiger partial charge is 0.119 e. The van der Waals surface area contributed by atoms with Crippen LogP contribution in [0.4, 0.5) is 0 Å². The third-order valence-electron chi connectivity index (χ3n) is 3.34. The molecule has 1 aromatic rings. The van der Waals surface area contributed by atoms with Crippen molar-refractivity contribution >= 4 is 23.3 Å². The fraction of sp³-hybridized carbons (Fsp3) is 0.429. The SMILES string of the molecule is CC(=N)N(Cc1ccc(Cl)cc1)C(=N)C1CCCN1. The largest absolute Gasteiger partial charge is 0.313 e. The number of halogens is 1. The Labute approximate surface area is 118 Å². The van der Waals surface area contributed by atoms with Gasteiger partial charge in [0, 0.05) is 5.02 Å². The number of benzene rings is 1. The quantitative estimate of drug-likeness (QED) is 0.588. The first-order valence-electron chi connectivity index (χ1n) is 6.47. The van der Waals surface area contributed by atoms with Crippen LogP contribution in [-0.4, -0.2) is 29.2 Å². The maximum absolute atomic E-state index is 8.26. The summed E-state index contributed by atoms with van der Waals surface area (Å²) in [6.45, 7) is 3.22. The summed E-state index contributed by atoms with van der Waals surface area (Å²) < 4.78 is 0. The van der Waals surface area contributed by atoms with Crippen LogP contribution in [0.15, 0.2) is 24.3 Å². The van der Waals surface area contributed by atoms with Gasteiger partial charge < -0.3 is 10.2 Å². The van der Waals surface area contributed by atoms with E-state index >= 15 is 0 Å². The summed E-state index contributed by atoms with van der Waals surface area (Å²) in [6.07, 6.45) is 2.07. The Bertz CT molecular complexity index is 463. The number of nitrogens with zero attached hydrogens (tertiary/aromatic N) is 1. The minimum atomic E-state index is 0.0765. The molecule has 1 aromatic carbocycles. The predicted molar refractivity (Wildman–Crippen MR) is 79.1 cm³/mol. The molecule has 0 saturated carbocycles. The molecule has 0 aromatic heterocycles. The lowest BCUT2D eigenvalue weighted by Crippen LogP contribution is -2.44. The van der Waals surface area contributed by atoms with Gasteiger partial charge in [0.25, 0.3) is 0 Å². The van der Waals surface area contributed by atoms with Crippen LogP contribution in [0.1, 0.15) is 25.3 Å². The molecule has 19 heavy (non-hydrogen) atoms. The maximum atomic E-state index is 8.26. The van der Waals surface area contributed by atoms with Crippen molar-refractivity contribution < 1.29 is 0 Å². The van der Waals surface area contributed by atoms with Crippen LogP contribution in [-0.2, 0) is 6.54 Å². The second-order valence-electron chi connectivity index (χ2n) is 4.83. The summed E-state index contributed by atoms with van der Waals surface area (Å²) in [5.74, 6) is 0.883. The van der Waals surface area contributed by atoms with Crippen LogP contribution >= 0.6 is 11.6 Å². The van der Waals surface area contributed by atoms with Gasteiger partial charge in [-0.25, -0.2) is 0 Å². The van der Waals surface area contributed by atoms with Gasteiger partial charge in [-0.2, -0.15) is 0 Å². The molecule has 0 amide bonds. The highest BCUT2D eigenvalue weighted by Crippen LogP contribution is 2.15. The molecule has 1 aliphatic rings. The minimum Gasteiger partial charge on any atom is -0.313 e. The molecule has 0 aliphatic carbocycles. The lowest BCUT2D eigenvalue weighted by atomic mass is 10.1. The van der Waals surface area contributed by atoms with Gasteiger partial charge in [0.1, 0.15) is 5.84 Å². The number of rotatable bonds is 3. The van der Waals surface area contributed by atoms with Gasteiger partial charge in [-0.05, 0) is 44.0 Å². The Hall–Kier alpha value is -1.39. The lowest BCUT2D eigenvalue weighted by Gasteiger charge is -2.27. The van der Waals surface area contributed by atoms with Crippen molar-refractivity contribution in [1.29, 1.82) is 10.8 Å². The van der Waals surface area contributed by atoms with Gasteiger partial charge in [0.15, 0.2) is 0 Å². The van der Waals surface area contributed by atoms with Crippen molar-refractivity contribution in [2.24, 2.45) is 0 Å². The molecule has 3 N–H and O–H groups in total. The first-order chi connectivity index (χ1) is 9.08. The molecule has 2 rings (SSSR count). The topological polar surface area (TPSA) is 63.0 Å². The number of amidine groups is 2. The van der Waals surface area contributed by atoms with Gasteiger partial charge in [-0.1, -0.05) is 23.7 Å². The lowest BCUT2D eigenvalue weighted by molar-refractivity contribution is 0.547. The summed E-state index contributed by atoms with van der Waals surface area (Å²) in [4.78, 5) is 1.74. The van der Waals surface area contributed by atoms with E-state index in [4.69, 9.17) is 22.4 Å². The summed E-state index contributed by atoms with van der Waals surface area (Å²) in [6, 6.07) is 7.63. The predicted octanol–water partition coefficient (Wildman–Crippen LogP) is 2.87. The molecule has 1 fully saturated rings. The number of hydrogen-bond donors (Lipinski definition) is 3. The highest BCUT2D eigenvalue weighted by molar-refractivity contribution is 6.30. The molecule has 1 unspecified atom stereocenters. The maximum Gasteiger partial charge on any atom is 0.119 e. The van der Waals surface area contributed by atoms with Crippen LogP contribution in [0, 0.1) is 10.8 Å². The normalized spacial score (nSPS) is 18.3. The van der Waals surface area contributed by atoms with Crippen LogP contribution in [0.5, 0.6) is 0 Å². The summed E-state index contributed by atoms with van der Waals surface area (Å²) >= 11 is 5.87. The highest BCUT2D eigenvalue weighted by atomic mass is 35.5.